The van der Waals surface area contributed by atoms with Crippen LogP contribution in [0.1, 0.15) is 9.67 Å². The van der Waals surface area contributed by atoms with Crippen molar-refractivity contribution in [3.05, 3.63) is 46.4 Å². The molecule has 1 N–H and O–H groups in total. The van der Waals surface area contributed by atoms with Crippen molar-refractivity contribution in [2.75, 3.05) is 12.4 Å². The molecule has 0 fully saturated rings. The van der Waals surface area contributed by atoms with E-state index in [1.807, 2.05) is 0 Å². The number of benzene rings is 1. The van der Waals surface area contributed by atoms with E-state index in [1.54, 1.807) is 23.6 Å². The summed E-state index contributed by atoms with van der Waals surface area (Å²) in [5.74, 6) is -0.168. The van der Waals surface area contributed by atoms with Crippen molar-refractivity contribution in [3.8, 4) is 5.75 Å². The van der Waals surface area contributed by atoms with Crippen LogP contribution in [0.3, 0.4) is 0 Å². The number of halogens is 1. The van der Waals surface area contributed by atoms with Crippen LogP contribution in [0, 0.1) is 5.82 Å². The molecule has 0 radical (unpaired) electrons. The van der Waals surface area contributed by atoms with E-state index < -0.39 is 5.97 Å². The first-order chi connectivity index (χ1) is 9.16. The number of carboxylic acids is 1. The Morgan fingerprint density at radius 3 is 2.74 bits per heavy atom. The number of carbonyl (C=O) groups is 1. The largest absolute Gasteiger partial charge is 0.491 e. The summed E-state index contributed by atoms with van der Waals surface area (Å²) in [6.07, 6.45) is 0. The highest BCUT2D eigenvalue weighted by Gasteiger charge is 2.12. The lowest BCUT2D eigenvalue weighted by Crippen LogP contribution is -2.03. The number of thioether (sulfide) groups is 1. The van der Waals surface area contributed by atoms with Gasteiger partial charge in [-0.15, -0.1) is 23.1 Å². The van der Waals surface area contributed by atoms with Crippen molar-refractivity contribution in [3.63, 3.8) is 0 Å². The van der Waals surface area contributed by atoms with E-state index in [4.69, 9.17) is 9.84 Å². The lowest BCUT2D eigenvalue weighted by Gasteiger charge is -2.05. The molecular formula is C13H11FO3S2. The lowest BCUT2D eigenvalue weighted by atomic mass is 10.4. The van der Waals surface area contributed by atoms with Gasteiger partial charge in [0.25, 0.3) is 0 Å². The predicted octanol–water partition coefficient (Wildman–Crippen LogP) is 3.76. The molecule has 3 nitrogen and oxygen atoms in total. The van der Waals surface area contributed by atoms with Crippen molar-refractivity contribution in [1.29, 1.82) is 0 Å². The van der Waals surface area contributed by atoms with E-state index in [0.29, 0.717) is 18.1 Å². The van der Waals surface area contributed by atoms with Crippen LogP contribution >= 0.6 is 23.1 Å². The second kappa shape index (κ2) is 6.58. The highest BCUT2D eigenvalue weighted by atomic mass is 32.2. The van der Waals surface area contributed by atoms with Crippen LogP contribution in [0.25, 0.3) is 0 Å². The van der Waals surface area contributed by atoms with Gasteiger partial charge in [-0.25, -0.2) is 9.18 Å². The quantitative estimate of drug-likeness (QED) is 0.651. The van der Waals surface area contributed by atoms with Gasteiger partial charge in [-0.05, 0) is 35.7 Å². The Morgan fingerprint density at radius 1 is 1.32 bits per heavy atom. The average Bonchev–Trinajstić information content (AvgIpc) is 2.85. The first-order valence-electron chi connectivity index (χ1n) is 5.49. The molecule has 0 bridgehead atoms. The monoisotopic (exact) mass is 298 g/mol. The van der Waals surface area contributed by atoms with Crippen LogP contribution in [-0.4, -0.2) is 23.4 Å². The highest BCUT2D eigenvalue weighted by Crippen LogP contribution is 2.25. The van der Waals surface area contributed by atoms with E-state index in [-0.39, 0.29) is 10.7 Å². The fourth-order valence-electron chi connectivity index (χ4n) is 1.41. The maximum Gasteiger partial charge on any atom is 0.349 e. The summed E-state index contributed by atoms with van der Waals surface area (Å²) >= 11 is 2.67. The molecule has 0 saturated carbocycles. The summed E-state index contributed by atoms with van der Waals surface area (Å²) < 4.78 is 18.1. The number of hydrogen-bond acceptors (Lipinski definition) is 4. The summed E-state index contributed by atoms with van der Waals surface area (Å²) in [5, 5.41) is 10.6. The van der Waals surface area contributed by atoms with Crippen LogP contribution in [0.5, 0.6) is 5.75 Å². The third-order valence-corrected chi connectivity index (χ3v) is 4.11. The number of rotatable bonds is 6. The third-order valence-electron chi connectivity index (χ3n) is 2.25. The zero-order valence-corrected chi connectivity index (χ0v) is 11.5. The molecule has 0 aliphatic rings. The summed E-state index contributed by atoms with van der Waals surface area (Å²) in [7, 11) is 0. The van der Waals surface area contributed by atoms with Crippen molar-refractivity contribution in [2.24, 2.45) is 0 Å². The van der Waals surface area contributed by atoms with Crippen LogP contribution in [-0.2, 0) is 0 Å². The summed E-state index contributed by atoms with van der Waals surface area (Å²) in [6, 6.07) is 7.87. The number of ether oxygens (including phenoxy) is 1. The maximum absolute atomic E-state index is 12.7. The molecule has 100 valence electrons. The Bertz CT molecular complexity index is 551. The second-order valence-corrected chi connectivity index (χ2v) is 5.65. The Balaban J connectivity index is 1.79. The smallest absolute Gasteiger partial charge is 0.349 e. The van der Waals surface area contributed by atoms with Crippen molar-refractivity contribution >= 4 is 29.1 Å². The molecule has 1 aromatic carbocycles. The van der Waals surface area contributed by atoms with Gasteiger partial charge < -0.3 is 9.84 Å². The molecule has 1 heterocycles. The van der Waals surface area contributed by atoms with Crippen molar-refractivity contribution in [1.82, 2.24) is 0 Å². The Morgan fingerprint density at radius 2 is 2.05 bits per heavy atom. The molecule has 2 aromatic rings. The Labute approximate surface area is 118 Å². The molecule has 0 atom stereocenters. The molecule has 0 amide bonds. The van der Waals surface area contributed by atoms with E-state index in [2.05, 4.69) is 0 Å². The van der Waals surface area contributed by atoms with Gasteiger partial charge >= 0.3 is 5.97 Å². The van der Waals surface area contributed by atoms with Crippen molar-refractivity contribution < 1.29 is 19.0 Å². The minimum atomic E-state index is -0.976. The minimum absolute atomic E-state index is 0.215. The average molecular weight is 298 g/mol. The highest BCUT2D eigenvalue weighted by molar-refractivity contribution is 7.99. The Hall–Kier alpha value is -1.53. The van der Waals surface area contributed by atoms with E-state index in [1.165, 1.54) is 23.9 Å². The number of aromatic carboxylic acids is 1. The number of carboxylic acid groups (broad SMARTS) is 1. The second-order valence-electron chi connectivity index (χ2n) is 3.57. The van der Waals surface area contributed by atoms with Gasteiger partial charge in [-0.2, -0.15) is 0 Å². The van der Waals surface area contributed by atoms with Crippen LogP contribution < -0.4 is 4.74 Å². The fourth-order valence-corrected chi connectivity index (χ4v) is 2.81. The van der Waals surface area contributed by atoms with Gasteiger partial charge in [-0.1, -0.05) is 0 Å². The summed E-state index contributed by atoms with van der Waals surface area (Å²) in [6.45, 7) is 0.402. The molecular weight excluding hydrogens is 287 g/mol. The predicted molar refractivity (Wildman–Crippen MR) is 73.9 cm³/mol. The zero-order valence-electron chi connectivity index (χ0n) is 9.84. The van der Waals surface area contributed by atoms with E-state index in [9.17, 15) is 9.18 Å². The first-order valence-corrected chi connectivity index (χ1v) is 7.35. The molecule has 19 heavy (non-hydrogen) atoms. The van der Waals surface area contributed by atoms with Gasteiger partial charge in [0.2, 0.25) is 0 Å². The normalized spacial score (nSPS) is 10.4. The van der Waals surface area contributed by atoms with Gasteiger partial charge in [-0.3, -0.25) is 0 Å². The molecule has 2 rings (SSSR count). The zero-order chi connectivity index (χ0) is 13.7. The third kappa shape index (κ3) is 3.97. The van der Waals surface area contributed by atoms with Gasteiger partial charge in [0.15, 0.2) is 4.88 Å². The van der Waals surface area contributed by atoms with Crippen LogP contribution in [0.4, 0.5) is 4.39 Å². The molecule has 0 aliphatic heterocycles. The SMILES string of the molecule is O=C(O)c1sccc1OCCSc1ccc(F)cc1. The molecule has 0 unspecified atom stereocenters. The standard InChI is InChI=1S/C13H11FO3S2/c14-9-1-3-10(4-2-9)18-8-6-17-11-5-7-19-12(11)13(15)16/h1-5,7H,6,8H2,(H,15,16). The van der Waals surface area contributed by atoms with E-state index >= 15 is 0 Å². The fraction of sp³-hybridized carbons (Fsp3) is 0.154. The van der Waals surface area contributed by atoms with E-state index in [0.717, 1.165) is 16.2 Å². The molecule has 0 saturated heterocycles. The van der Waals surface area contributed by atoms with Crippen molar-refractivity contribution in [2.45, 2.75) is 4.90 Å². The summed E-state index contributed by atoms with van der Waals surface area (Å²) in [5.41, 5.74) is 0. The molecule has 1 aromatic heterocycles. The maximum atomic E-state index is 12.7. The lowest BCUT2D eigenvalue weighted by molar-refractivity contribution is 0.0698. The number of thiophene rings is 1. The Kier molecular flexibility index (Phi) is 4.81. The van der Waals surface area contributed by atoms with Gasteiger partial charge in [0.05, 0.1) is 6.61 Å². The summed E-state index contributed by atoms with van der Waals surface area (Å²) in [4.78, 5) is 12.0. The van der Waals surface area contributed by atoms with Crippen LogP contribution in [0.2, 0.25) is 0 Å². The van der Waals surface area contributed by atoms with Crippen LogP contribution in [0.15, 0.2) is 40.6 Å². The molecule has 6 heteroatoms. The molecule has 0 aliphatic carbocycles. The minimum Gasteiger partial charge on any atom is -0.491 e. The first kappa shape index (κ1) is 13.9. The molecule has 0 spiro atoms. The van der Waals surface area contributed by atoms with Gasteiger partial charge in [0, 0.05) is 10.6 Å². The number of hydrogen-bond donors (Lipinski definition) is 1. The topological polar surface area (TPSA) is 46.5 Å². The van der Waals surface area contributed by atoms with Gasteiger partial charge in [0.1, 0.15) is 11.6 Å².